The van der Waals surface area contributed by atoms with Gasteiger partial charge in [-0.3, -0.25) is 0 Å². The molecular weight excluding hydrogens is 229 g/mol. The van der Waals surface area contributed by atoms with E-state index in [0.29, 0.717) is 18.5 Å². The Morgan fingerprint density at radius 1 is 1.38 bits per heavy atom. The van der Waals surface area contributed by atoms with Gasteiger partial charge in [-0.1, -0.05) is 18.2 Å². The zero-order valence-electron chi connectivity index (χ0n) is 9.06. The van der Waals surface area contributed by atoms with Crippen LogP contribution >= 0.6 is 0 Å². The highest BCUT2D eigenvalue weighted by atomic mass is 32.2. The molecule has 0 aromatic heterocycles. The summed E-state index contributed by atoms with van der Waals surface area (Å²) in [7, 11) is -3.25. The Morgan fingerprint density at radius 3 is 2.69 bits per heavy atom. The SMILES string of the molecule is CS(=O)(=O)N1CCC[C@@H]1c1ccccc1F. The quantitative estimate of drug-likeness (QED) is 0.796. The van der Waals surface area contributed by atoms with Crippen LogP contribution in [0.15, 0.2) is 24.3 Å². The van der Waals surface area contributed by atoms with Crippen molar-refractivity contribution >= 4 is 10.0 Å². The molecule has 0 spiro atoms. The Balaban J connectivity index is 2.38. The molecule has 1 heterocycles. The third kappa shape index (κ3) is 2.10. The maximum atomic E-state index is 13.6. The Bertz CT molecular complexity index is 487. The van der Waals surface area contributed by atoms with Crippen LogP contribution in [-0.4, -0.2) is 25.5 Å². The van der Waals surface area contributed by atoms with Gasteiger partial charge in [0.25, 0.3) is 0 Å². The maximum absolute atomic E-state index is 13.6. The average molecular weight is 243 g/mol. The highest BCUT2D eigenvalue weighted by molar-refractivity contribution is 7.88. The molecule has 2 rings (SSSR count). The van der Waals surface area contributed by atoms with Gasteiger partial charge in [0.1, 0.15) is 5.82 Å². The van der Waals surface area contributed by atoms with Gasteiger partial charge in [0, 0.05) is 12.1 Å². The second-order valence-electron chi connectivity index (χ2n) is 4.05. The predicted molar refractivity (Wildman–Crippen MR) is 59.9 cm³/mol. The Hall–Kier alpha value is -0.940. The lowest BCUT2D eigenvalue weighted by Gasteiger charge is -2.22. The Labute approximate surface area is 94.9 Å². The molecule has 1 aromatic carbocycles. The summed E-state index contributed by atoms with van der Waals surface area (Å²) in [5, 5.41) is 0. The fourth-order valence-electron chi connectivity index (χ4n) is 2.19. The van der Waals surface area contributed by atoms with Crippen LogP contribution in [0.1, 0.15) is 24.4 Å². The summed E-state index contributed by atoms with van der Waals surface area (Å²) in [5.41, 5.74) is 0.477. The van der Waals surface area contributed by atoms with Gasteiger partial charge in [-0.05, 0) is 18.9 Å². The molecule has 1 aliphatic rings. The van der Waals surface area contributed by atoms with E-state index >= 15 is 0 Å². The monoisotopic (exact) mass is 243 g/mol. The summed E-state index contributed by atoms with van der Waals surface area (Å²) in [5.74, 6) is -0.331. The van der Waals surface area contributed by atoms with E-state index < -0.39 is 10.0 Å². The van der Waals surface area contributed by atoms with E-state index in [1.165, 1.54) is 16.6 Å². The van der Waals surface area contributed by atoms with E-state index in [2.05, 4.69) is 0 Å². The molecule has 0 aliphatic carbocycles. The fourth-order valence-corrected chi connectivity index (χ4v) is 3.34. The van der Waals surface area contributed by atoms with Crippen molar-refractivity contribution in [2.45, 2.75) is 18.9 Å². The van der Waals surface area contributed by atoms with Crippen molar-refractivity contribution in [3.63, 3.8) is 0 Å². The van der Waals surface area contributed by atoms with E-state index in [0.717, 1.165) is 6.42 Å². The number of hydrogen-bond acceptors (Lipinski definition) is 2. The molecule has 5 heteroatoms. The zero-order chi connectivity index (χ0) is 11.8. The third-order valence-corrected chi connectivity index (χ3v) is 4.18. The second-order valence-corrected chi connectivity index (χ2v) is 5.99. The molecule has 16 heavy (non-hydrogen) atoms. The highest BCUT2D eigenvalue weighted by Gasteiger charge is 2.33. The van der Waals surface area contributed by atoms with Crippen LogP contribution in [0.2, 0.25) is 0 Å². The van der Waals surface area contributed by atoms with Gasteiger partial charge < -0.3 is 0 Å². The highest BCUT2D eigenvalue weighted by Crippen LogP contribution is 2.34. The largest absolute Gasteiger partial charge is 0.212 e. The van der Waals surface area contributed by atoms with Gasteiger partial charge in [-0.25, -0.2) is 12.8 Å². The first-order valence-electron chi connectivity index (χ1n) is 5.21. The summed E-state index contributed by atoms with van der Waals surface area (Å²) >= 11 is 0. The fraction of sp³-hybridized carbons (Fsp3) is 0.455. The molecule has 0 saturated carbocycles. The minimum atomic E-state index is -3.25. The summed E-state index contributed by atoms with van der Waals surface area (Å²) < 4.78 is 38.0. The zero-order valence-corrected chi connectivity index (χ0v) is 9.87. The predicted octanol–water partition coefficient (Wildman–Crippen LogP) is 1.92. The van der Waals surface area contributed by atoms with Crippen LogP contribution in [-0.2, 0) is 10.0 Å². The first-order valence-corrected chi connectivity index (χ1v) is 7.06. The Morgan fingerprint density at radius 2 is 2.06 bits per heavy atom. The lowest BCUT2D eigenvalue weighted by molar-refractivity contribution is 0.389. The van der Waals surface area contributed by atoms with Gasteiger partial charge in [-0.2, -0.15) is 4.31 Å². The number of halogens is 1. The van der Waals surface area contributed by atoms with Gasteiger partial charge in [0.15, 0.2) is 0 Å². The van der Waals surface area contributed by atoms with Crippen LogP contribution in [0, 0.1) is 5.82 Å². The third-order valence-electron chi connectivity index (χ3n) is 2.89. The lowest BCUT2D eigenvalue weighted by Crippen LogP contribution is -2.29. The molecule has 0 amide bonds. The summed E-state index contributed by atoms with van der Waals surface area (Å²) in [6, 6.07) is 6.03. The first kappa shape index (κ1) is 11.5. The summed E-state index contributed by atoms with van der Waals surface area (Å²) in [6.45, 7) is 0.484. The maximum Gasteiger partial charge on any atom is 0.211 e. The Kier molecular flexibility index (Phi) is 2.99. The van der Waals surface area contributed by atoms with Crippen molar-refractivity contribution in [3.05, 3.63) is 35.6 Å². The van der Waals surface area contributed by atoms with Crippen LogP contribution in [0.3, 0.4) is 0 Å². The molecule has 3 nitrogen and oxygen atoms in total. The minimum Gasteiger partial charge on any atom is -0.212 e. The van der Waals surface area contributed by atoms with E-state index in [-0.39, 0.29) is 11.9 Å². The van der Waals surface area contributed by atoms with Crippen molar-refractivity contribution in [1.29, 1.82) is 0 Å². The average Bonchev–Trinajstić information content (AvgIpc) is 2.66. The first-order chi connectivity index (χ1) is 7.50. The molecule has 0 radical (unpaired) electrons. The van der Waals surface area contributed by atoms with Gasteiger partial charge in [-0.15, -0.1) is 0 Å². The molecular formula is C11H14FNO2S. The van der Waals surface area contributed by atoms with Crippen LogP contribution in [0.4, 0.5) is 4.39 Å². The van der Waals surface area contributed by atoms with Gasteiger partial charge in [0.2, 0.25) is 10.0 Å². The topological polar surface area (TPSA) is 37.4 Å². The van der Waals surface area contributed by atoms with Crippen LogP contribution in [0.5, 0.6) is 0 Å². The van der Waals surface area contributed by atoms with E-state index in [1.54, 1.807) is 18.2 Å². The van der Waals surface area contributed by atoms with Crippen LogP contribution < -0.4 is 0 Å². The molecule has 1 aliphatic heterocycles. The van der Waals surface area contributed by atoms with Crippen molar-refractivity contribution < 1.29 is 12.8 Å². The molecule has 1 aromatic rings. The molecule has 88 valence electrons. The molecule has 0 N–H and O–H groups in total. The molecule has 0 unspecified atom stereocenters. The van der Waals surface area contributed by atoms with Gasteiger partial charge >= 0.3 is 0 Å². The van der Waals surface area contributed by atoms with Crippen molar-refractivity contribution in [1.82, 2.24) is 4.31 Å². The molecule has 1 fully saturated rings. The summed E-state index contributed by atoms with van der Waals surface area (Å²) in [4.78, 5) is 0. The van der Waals surface area contributed by atoms with Crippen molar-refractivity contribution in [2.24, 2.45) is 0 Å². The van der Waals surface area contributed by atoms with Crippen molar-refractivity contribution in [2.75, 3.05) is 12.8 Å². The number of rotatable bonds is 2. The standard InChI is InChI=1S/C11H14FNO2S/c1-16(14,15)13-8-4-7-11(13)9-5-2-3-6-10(9)12/h2-3,5-6,11H,4,7-8H2,1H3/t11-/m1/s1. The minimum absolute atomic E-state index is 0.331. The summed E-state index contributed by atoms with van der Waals surface area (Å²) in [6.07, 6.45) is 2.65. The van der Waals surface area contributed by atoms with Gasteiger partial charge in [0.05, 0.1) is 12.3 Å². The number of nitrogens with zero attached hydrogens (tertiary/aromatic N) is 1. The molecule has 0 bridgehead atoms. The van der Waals surface area contributed by atoms with E-state index in [1.807, 2.05) is 0 Å². The normalized spacial score (nSPS) is 22.5. The smallest absolute Gasteiger partial charge is 0.211 e. The van der Waals surface area contributed by atoms with E-state index in [4.69, 9.17) is 0 Å². The molecule has 1 saturated heterocycles. The van der Waals surface area contributed by atoms with Crippen molar-refractivity contribution in [3.8, 4) is 0 Å². The van der Waals surface area contributed by atoms with Crippen LogP contribution in [0.25, 0.3) is 0 Å². The second kappa shape index (κ2) is 4.14. The van der Waals surface area contributed by atoms with E-state index in [9.17, 15) is 12.8 Å². The molecule has 1 atom stereocenters. The number of hydrogen-bond donors (Lipinski definition) is 0. The lowest BCUT2D eigenvalue weighted by atomic mass is 10.1. The number of benzene rings is 1. The number of sulfonamides is 1.